The molecule has 106 valence electrons. The van der Waals surface area contributed by atoms with Gasteiger partial charge >= 0.3 is 6.03 Å². The number of rotatable bonds is 3. The fraction of sp³-hybridized carbons (Fsp3) is 0.357. The smallest absolute Gasteiger partial charge is 0.276 e. The average molecular weight is 386 g/mol. The van der Waals surface area contributed by atoms with Gasteiger partial charge in [-0.1, -0.05) is 19.9 Å². The minimum atomic E-state index is -1.16. The van der Waals surface area contributed by atoms with E-state index in [4.69, 9.17) is 0 Å². The van der Waals surface area contributed by atoms with Crippen LogP contribution >= 0.6 is 22.6 Å². The first-order chi connectivity index (χ1) is 9.46. The molecule has 1 heterocycles. The van der Waals surface area contributed by atoms with E-state index in [1.807, 2.05) is 6.07 Å². The fourth-order valence-electron chi connectivity index (χ4n) is 2.40. The predicted octanol–water partition coefficient (Wildman–Crippen LogP) is 2.68. The highest BCUT2D eigenvalue weighted by Crippen LogP contribution is 2.34. The normalized spacial score (nSPS) is 18.1. The number of nitrogens with zero attached hydrogens (tertiary/aromatic N) is 1. The average Bonchev–Trinajstić information content (AvgIpc) is 2.40. The highest BCUT2D eigenvalue weighted by atomic mass is 127. The highest BCUT2D eigenvalue weighted by molar-refractivity contribution is 14.1. The van der Waals surface area contributed by atoms with Gasteiger partial charge in [0.15, 0.2) is 0 Å². The zero-order valence-electron chi connectivity index (χ0n) is 11.3. The SMILES string of the molecule is CCC1(CC)C(=O)NC(=O)N(c2cccc(I)c2)C1=O. The van der Waals surface area contributed by atoms with Gasteiger partial charge in [-0.25, -0.2) is 9.69 Å². The van der Waals surface area contributed by atoms with Crippen LogP contribution in [0, 0.1) is 8.99 Å². The van der Waals surface area contributed by atoms with Crippen LogP contribution in [0.2, 0.25) is 0 Å². The molecule has 0 saturated carbocycles. The first-order valence-electron chi connectivity index (χ1n) is 6.41. The second-order valence-corrected chi connectivity index (χ2v) is 5.91. The molecule has 1 aliphatic heterocycles. The molecule has 1 aromatic rings. The van der Waals surface area contributed by atoms with Gasteiger partial charge in [0.1, 0.15) is 5.41 Å². The largest absolute Gasteiger partial charge is 0.335 e. The third-order valence-electron chi connectivity index (χ3n) is 3.74. The van der Waals surface area contributed by atoms with Gasteiger partial charge < -0.3 is 0 Å². The maximum Gasteiger partial charge on any atom is 0.335 e. The van der Waals surface area contributed by atoms with Crippen molar-refractivity contribution in [3.8, 4) is 0 Å². The summed E-state index contributed by atoms with van der Waals surface area (Å²) in [7, 11) is 0. The summed E-state index contributed by atoms with van der Waals surface area (Å²) in [5, 5.41) is 2.30. The summed E-state index contributed by atoms with van der Waals surface area (Å²) in [6.45, 7) is 3.56. The molecule has 0 aromatic heterocycles. The summed E-state index contributed by atoms with van der Waals surface area (Å²) in [6.07, 6.45) is 0.726. The molecule has 5 nitrogen and oxygen atoms in total. The Hall–Kier alpha value is -1.44. The van der Waals surface area contributed by atoms with E-state index in [1.165, 1.54) is 0 Å². The number of urea groups is 1. The number of benzene rings is 1. The number of halogens is 1. The Labute approximate surface area is 130 Å². The van der Waals surface area contributed by atoms with Crippen LogP contribution in [0.3, 0.4) is 0 Å². The van der Waals surface area contributed by atoms with Crippen molar-refractivity contribution in [2.45, 2.75) is 26.7 Å². The monoisotopic (exact) mass is 386 g/mol. The van der Waals surface area contributed by atoms with Crippen LogP contribution in [0.5, 0.6) is 0 Å². The van der Waals surface area contributed by atoms with Crippen molar-refractivity contribution >= 4 is 46.1 Å². The summed E-state index contributed by atoms with van der Waals surface area (Å²) in [6, 6.07) is 6.39. The van der Waals surface area contributed by atoms with E-state index >= 15 is 0 Å². The van der Waals surface area contributed by atoms with Crippen LogP contribution in [0.25, 0.3) is 0 Å². The Morgan fingerprint density at radius 3 is 2.40 bits per heavy atom. The van der Waals surface area contributed by atoms with Crippen molar-refractivity contribution in [3.63, 3.8) is 0 Å². The quantitative estimate of drug-likeness (QED) is 0.642. The molecular formula is C14H15IN2O3. The van der Waals surface area contributed by atoms with Crippen LogP contribution in [0.15, 0.2) is 24.3 Å². The number of amides is 4. The molecule has 0 bridgehead atoms. The van der Waals surface area contributed by atoms with Gasteiger partial charge in [-0.05, 0) is 53.6 Å². The molecule has 2 rings (SSSR count). The first kappa shape index (κ1) is 15.0. The standard InChI is InChI=1S/C14H15IN2O3/c1-3-14(4-2)11(18)16-13(20)17(12(14)19)10-7-5-6-9(15)8-10/h5-8H,3-4H2,1-2H3,(H,16,18,20). The lowest BCUT2D eigenvalue weighted by Crippen LogP contribution is -2.63. The highest BCUT2D eigenvalue weighted by Gasteiger charge is 2.51. The topological polar surface area (TPSA) is 66.5 Å². The van der Waals surface area contributed by atoms with E-state index in [-0.39, 0.29) is 0 Å². The van der Waals surface area contributed by atoms with Gasteiger partial charge in [-0.2, -0.15) is 0 Å². The third kappa shape index (κ3) is 2.21. The molecule has 0 radical (unpaired) electrons. The van der Waals surface area contributed by atoms with Gasteiger partial charge in [0, 0.05) is 3.57 Å². The molecule has 1 saturated heterocycles. The van der Waals surface area contributed by atoms with Crippen molar-refractivity contribution in [2.24, 2.45) is 5.41 Å². The molecule has 1 aromatic carbocycles. The van der Waals surface area contributed by atoms with Crippen LogP contribution in [-0.4, -0.2) is 17.8 Å². The van der Waals surface area contributed by atoms with E-state index in [0.717, 1.165) is 8.47 Å². The van der Waals surface area contributed by atoms with Crippen molar-refractivity contribution < 1.29 is 14.4 Å². The summed E-state index contributed by atoms with van der Waals surface area (Å²) < 4.78 is 0.913. The molecular weight excluding hydrogens is 371 g/mol. The van der Waals surface area contributed by atoms with Crippen LogP contribution in [0.4, 0.5) is 10.5 Å². The summed E-state index contributed by atoms with van der Waals surface area (Å²) in [4.78, 5) is 37.8. The Kier molecular flexibility index (Phi) is 4.12. The molecule has 4 amide bonds. The van der Waals surface area contributed by atoms with Crippen molar-refractivity contribution in [3.05, 3.63) is 27.8 Å². The predicted molar refractivity (Wildman–Crippen MR) is 83.2 cm³/mol. The number of carbonyl (C=O) groups is 3. The lowest BCUT2D eigenvalue weighted by molar-refractivity contribution is -0.143. The van der Waals surface area contributed by atoms with Crippen molar-refractivity contribution in [1.82, 2.24) is 5.32 Å². The van der Waals surface area contributed by atoms with E-state index < -0.39 is 23.3 Å². The molecule has 0 atom stereocenters. The molecule has 0 unspecified atom stereocenters. The van der Waals surface area contributed by atoms with Gasteiger partial charge in [0.2, 0.25) is 5.91 Å². The first-order valence-corrected chi connectivity index (χ1v) is 7.49. The number of anilines is 1. The molecule has 0 spiro atoms. The number of nitrogens with one attached hydrogen (secondary N) is 1. The van der Waals surface area contributed by atoms with Crippen molar-refractivity contribution in [1.29, 1.82) is 0 Å². The minimum Gasteiger partial charge on any atom is -0.276 e. The zero-order chi connectivity index (χ0) is 14.9. The number of hydrogen-bond acceptors (Lipinski definition) is 3. The lowest BCUT2D eigenvalue weighted by Gasteiger charge is -2.38. The summed E-state index contributed by atoms with van der Waals surface area (Å²) >= 11 is 2.11. The van der Waals surface area contributed by atoms with Crippen LogP contribution < -0.4 is 10.2 Å². The van der Waals surface area contributed by atoms with E-state index in [9.17, 15) is 14.4 Å². The van der Waals surface area contributed by atoms with Crippen molar-refractivity contribution in [2.75, 3.05) is 4.90 Å². The van der Waals surface area contributed by atoms with Gasteiger partial charge in [-0.3, -0.25) is 14.9 Å². The minimum absolute atomic E-state index is 0.363. The maximum absolute atomic E-state index is 12.7. The van der Waals surface area contributed by atoms with Gasteiger partial charge in [0.05, 0.1) is 5.69 Å². The third-order valence-corrected chi connectivity index (χ3v) is 4.42. The number of hydrogen-bond donors (Lipinski definition) is 1. The molecule has 1 fully saturated rings. The molecule has 20 heavy (non-hydrogen) atoms. The molecule has 6 heteroatoms. The Balaban J connectivity index is 2.50. The van der Waals surface area contributed by atoms with Gasteiger partial charge in [0.25, 0.3) is 5.91 Å². The molecule has 1 aliphatic rings. The zero-order valence-corrected chi connectivity index (χ0v) is 13.4. The van der Waals surface area contributed by atoms with Gasteiger partial charge in [-0.15, -0.1) is 0 Å². The van der Waals surface area contributed by atoms with E-state index in [2.05, 4.69) is 27.9 Å². The molecule has 0 aliphatic carbocycles. The maximum atomic E-state index is 12.7. The Morgan fingerprint density at radius 2 is 1.85 bits per heavy atom. The Morgan fingerprint density at radius 1 is 1.20 bits per heavy atom. The van der Waals surface area contributed by atoms with Crippen LogP contribution in [-0.2, 0) is 9.59 Å². The second-order valence-electron chi connectivity index (χ2n) is 4.67. The number of imide groups is 2. The summed E-state index contributed by atoms with van der Waals surface area (Å²) in [5.41, 5.74) is -0.673. The fourth-order valence-corrected chi connectivity index (χ4v) is 2.93. The lowest BCUT2D eigenvalue weighted by atomic mass is 9.78. The molecule has 1 N–H and O–H groups in total. The van der Waals surface area contributed by atoms with E-state index in [0.29, 0.717) is 18.5 Å². The van der Waals surface area contributed by atoms with E-state index in [1.54, 1.807) is 32.0 Å². The Bertz CT molecular complexity index is 582. The summed E-state index contributed by atoms with van der Waals surface area (Å²) in [5.74, 6) is -0.947. The number of carbonyl (C=O) groups excluding carboxylic acids is 3. The van der Waals surface area contributed by atoms with Crippen LogP contribution in [0.1, 0.15) is 26.7 Å². The second kappa shape index (κ2) is 5.51. The number of barbiturate groups is 1.